The summed E-state index contributed by atoms with van der Waals surface area (Å²) in [7, 11) is 3.01. The van der Waals surface area contributed by atoms with E-state index in [-0.39, 0.29) is 17.8 Å². The maximum atomic E-state index is 12.2. The molecule has 0 unspecified atom stereocenters. The highest BCUT2D eigenvalue weighted by atomic mass is 16.5. The average molecular weight is 350 g/mol. The molecule has 0 saturated carbocycles. The zero-order valence-corrected chi connectivity index (χ0v) is 15.8. The molecule has 0 aliphatic carbocycles. The number of ketones is 1. The molecule has 25 heavy (non-hydrogen) atoms. The van der Waals surface area contributed by atoms with E-state index in [1.807, 2.05) is 0 Å². The van der Waals surface area contributed by atoms with Crippen molar-refractivity contribution in [3.8, 4) is 11.5 Å². The molecule has 0 radical (unpaired) electrons. The van der Waals surface area contributed by atoms with Crippen molar-refractivity contribution in [3.05, 3.63) is 22.8 Å². The van der Waals surface area contributed by atoms with E-state index in [0.717, 1.165) is 37.7 Å². The van der Waals surface area contributed by atoms with Crippen molar-refractivity contribution in [1.82, 2.24) is 0 Å². The number of unbranched alkanes of at least 4 members (excludes halogenated alkanes) is 3. The van der Waals surface area contributed by atoms with Gasteiger partial charge in [0.1, 0.15) is 22.8 Å². The summed E-state index contributed by atoms with van der Waals surface area (Å²) in [6.45, 7) is 4.15. The first kappa shape index (κ1) is 21.0. The molecule has 5 nitrogen and oxygen atoms in total. The summed E-state index contributed by atoms with van der Waals surface area (Å²) in [6, 6.07) is 1.69. The Morgan fingerprint density at radius 3 is 2.24 bits per heavy atom. The van der Waals surface area contributed by atoms with Crippen LogP contribution in [-0.4, -0.2) is 31.1 Å². The largest absolute Gasteiger partial charge is 0.496 e. The van der Waals surface area contributed by atoms with Crippen LogP contribution in [0.5, 0.6) is 11.5 Å². The molecule has 0 saturated heterocycles. The van der Waals surface area contributed by atoms with Crippen molar-refractivity contribution in [2.75, 3.05) is 14.2 Å². The van der Waals surface area contributed by atoms with Crippen LogP contribution in [-0.2, 0) is 17.6 Å². The number of benzene rings is 1. The van der Waals surface area contributed by atoms with Crippen LogP contribution in [0.1, 0.15) is 73.9 Å². The molecule has 140 valence electrons. The highest BCUT2D eigenvalue weighted by Crippen LogP contribution is 2.37. The van der Waals surface area contributed by atoms with Crippen molar-refractivity contribution >= 4 is 11.8 Å². The number of hydrogen-bond donors (Lipinski definition) is 1. The Morgan fingerprint density at radius 2 is 1.72 bits per heavy atom. The quantitative estimate of drug-likeness (QED) is 0.564. The number of Topliss-reactive ketones (excluding diaryl/α,β-unsaturated/α-hetero) is 1. The fourth-order valence-corrected chi connectivity index (χ4v) is 2.97. The van der Waals surface area contributed by atoms with Gasteiger partial charge in [-0.25, -0.2) is 4.79 Å². The molecule has 1 N–H and O–H groups in total. The van der Waals surface area contributed by atoms with Crippen LogP contribution in [0.25, 0.3) is 0 Å². The summed E-state index contributed by atoms with van der Waals surface area (Å²) in [5, 5.41) is 9.69. The molecule has 1 aromatic rings. The smallest absolute Gasteiger partial charge is 0.339 e. The molecule has 0 amide bonds. The third-order valence-corrected chi connectivity index (χ3v) is 4.29. The van der Waals surface area contributed by atoms with Gasteiger partial charge in [-0.1, -0.05) is 33.1 Å². The Bertz CT molecular complexity index is 592. The second-order valence-corrected chi connectivity index (χ2v) is 6.21. The Hall–Kier alpha value is -2.04. The summed E-state index contributed by atoms with van der Waals surface area (Å²) < 4.78 is 10.9. The number of rotatable bonds is 12. The standard InChI is InChI=1S/C20H30O5/c1-5-7-9-10-15(21)12-14-13-17(24-3)16(11-8-6-2)19(25-4)18(14)20(22)23/h13H,5-12H2,1-4H3,(H,22,23). The van der Waals surface area contributed by atoms with Crippen LogP contribution < -0.4 is 9.47 Å². The number of methoxy groups -OCH3 is 2. The van der Waals surface area contributed by atoms with Gasteiger partial charge in [-0.3, -0.25) is 4.79 Å². The fraction of sp³-hybridized carbons (Fsp3) is 0.600. The Morgan fingerprint density at radius 1 is 1.04 bits per heavy atom. The molecule has 0 atom stereocenters. The van der Waals surface area contributed by atoms with Crippen molar-refractivity contribution < 1.29 is 24.2 Å². The molecule has 1 aromatic carbocycles. The summed E-state index contributed by atoms with van der Waals surface area (Å²) in [5.41, 5.74) is 1.30. The summed E-state index contributed by atoms with van der Waals surface area (Å²) in [4.78, 5) is 24.1. The van der Waals surface area contributed by atoms with Crippen LogP contribution in [0.4, 0.5) is 0 Å². The topological polar surface area (TPSA) is 72.8 Å². The third-order valence-electron chi connectivity index (χ3n) is 4.29. The predicted molar refractivity (Wildman–Crippen MR) is 98.0 cm³/mol. The van der Waals surface area contributed by atoms with E-state index in [4.69, 9.17) is 9.47 Å². The van der Waals surface area contributed by atoms with Crippen molar-refractivity contribution in [2.45, 2.75) is 65.2 Å². The summed E-state index contributed by atoms with van der Waals surface area (Å²) in [5.74, 6) is -0.127. The molecule has 0 bridgehead atoms. The first-order valence-corrected chi connectivity index (χ1v) is 9.01. The number of carbonyl (C=O) groups is 2. The molecule has 0 heterocycles. The van der Waals surface area contributed by atoms with Gasteiger partial charge in [0.25, 0.3) is 0 Å². The Kier molecular flexibility index (Phi) is 9.03. The van der Waals surface area contributed by atoms with Crippen molar-refractivity contribution in [3.63, 3.8) is 0 Å². The first-order valence-electron chi connectivity index (χ1n) is 9.01. The molecule has 1 rings (SSSR count). The highest BCUT2D eigenvalue weighted by Gasteiger charge is 2.25. The number of carbonyl (C=O) groups excluding carboxylic acids is 1. The average Bonchev–Trinajstić information content (AvgIpc) is 2.59. The van der Waals surface area contributed by atoms with Gasteiger partial charge in [0.15, 0.2) is 0 Å². The monoisotopic (exact) mass is 350 g/mol. The number of ether oxygens (including phenoxy) is 2. The minimum absolute atomic E-state index is 0.0429. The van der Waals surface area contributed by atoms with Crippen LogP contribution in [0.2, 0.25) is 0 Å². The molecular formula is C20H30O5. The normalized spacial score (nSPS) is 10.6. The van der Waals surface area contributed by atoms with Crippen LogP contribution >= 0.6 is 0 Å². The number of carboxylic acid groups (broad SMARTS) is 1. The number of hydrogen-bond acceptors (Lipinski definition) is 4. The van der Waals surface area contributed by atoms with E-state index >= 15 is 0 Å². The minimum Gasteiger partial charge on any atom is -0.496 e. The summed E-state index contributed by atoms with van der Waals surface area (Å²) in [6.07, 6.45) is 5.99. The molecule has 0 fully saturated rings. The molecular weight excluding hydrogens is 320 g/mol. The molecule has 0 aliphatic rings. The van der Waals surface area contributed by atoms with Gasteiger partial charge in [-0.05, 0) is 30.9 Å². The van der Waals surface area contributed by atoms with E-state index in [2.05, 4.69) is 13.8 Å². The van der Waals surface area contributed by atoms with E-state index in [1.54, 1.807) is 13.2 Å². The summed E-state index contributed by atoms with van der Waals surface area (Å²) >= 11 is 0. The highest BCUT2D eigenvalue weighted by molar-refractivity contribution is 5.96. The lowest BCUT2D eigenvalue weighted by atomic mass is 9.93. The van der Waals surface area contributed by atoms with Crippen LogP contribution in [0.3, 0.4) is 0 Å². The molecule has 0 aliphatic heterocycles. The second-order valence-electron chi connectivity index (χ2n) is 6.21. The number of aromatic carboxylic acids is 1. The van der Waals surface area contributed by atoms with E-state index in [0.29, 0.717) is 29.9 Å². The molecule has 0 aromatic heterocycles. The van der Waals surface area contributed by atoms with Crippen molar-refractivity contribution in [2.24, 2.45) is 0 Å². The number of carboxylic acids is 1. The van der Waals surface area contributed by atoms with Crippen LogP contribution in [0, 0.1) is 0 Å². The lowest BCUT2D eigenvalue weighted by Crippen LogP contribution is -2.13. The molecule has 0 spiro atoms. The van der Waals surface area contributed by atoms with Gasteiger partial charge < -0.3 is 14.6 Å². The van der Waals surface area contributed by atoms with Crippen molar-refractivity contribution in [1.29, 1.82) is 0 Å². The maximum absolute atomic E-state index is 12.2. The van der Waals surface area contributed by atoms with Gasteiger partial charge in [-0.2, -0.15) is 0 Å². The lowest BCUT2D eigenvalue weighted by Gasteiger charge is -2.18. The Balaban J connectivity index is 3.27. The zero-order chi connectivity index (χ0) is 18.8. The van der Waals surface area contributed by atoms with Gasteiger partial charge in [0, 0.05) is 18.4 Å². The zero-order valence-electron chi connectivity index (χ0n) is 15.8. The van der Waals surface area contributed by atoms with E-state index < -0.39 is 5.97 Å². The minimum atomic E-state index is -1.08. The fourth-order valence-electron chi connectivity index (χ4n) is 2.97. The third kappa shape index (κ3) is 5.76. The van der Waals surface area contributed by atoms with E-state index in [9.17, 15) is 14.7 Å². The van der Waals surface area contributed by atoms with Crippen LogP contribution in [0.15, 0.2) is 6.07 Å². The lowest BCUT2D eigenvalue weighted by molar-refractivity contribution is -0.118. The van der Waals surface area contributed by atoms with Gasteiger partial charge >= 0.3 is 5.97 Å². The van der Waals surface area contributed by atoms with Gasteiger partial charge in [0.05, 0.1) is 14.2 Å². The van der Waals surface area contributed by atoms with Gasteiger partial charge in [-0.15, -0.1) is 0 Å². The second kappa shape index (κ2) is 10.7. The van der Waals surface area contributed by atoms with E-state index in [1.165, 1.54) is 7.11 Å². The maximum Gasteiger partial charge on any atom is 0.339 e. The SMILES string of the molecule is CCCCCC(=O)Cc1cc(OC)c(CCCC)c(OC)c1C(=O)O. The predicted octanol–water partition coefficient (Wildman–Crippen LogP) is 4.44. The van der Waals surface area contributed by atoms with Gasteiger partial charge in [0.2, 0.25) is 0 Å². The Labute approximate surface area is 150 Å². The first-order chi connectivity index (χ1) is 12.0. The molecule has 5 heteroatoms.